The Bertz CT molecular complexity index is 1140. The molecule has 1 amide bonds. The summed E-state index contributed by atoms with van der Waals surface area (Å²) in [5.74, 6) is -1.18. The molecular formula is C24H25NO6. The van der Waals surface area contributed by atoms with Crippen molar-refractivity contribution in [2.45, 2.75) is 39.3 Å². The van der Waals surface area contributed by atoms with Gasteiger partial charge in [-0.1, -0.05) is 44.2 Å². The van der Waals surface area contributed by atoms with Crippen LogP contribution in [0.4, 0.5) is 0 Å². The highest BCUT2D eigenvalue weighted by Crippen LogP contribution is 2.29. The Hall–Kier alpha value is -3.61. The third-order valence-corrected chi connectivity index (χ3v) is 4.80. The van der Waals surface area contributed by atoms with Crippen LogP contribution in [0.15, 0.2) is 63.8 Å². The molecule has 3 rings (SSSR count). The Morgan fingerprint density at radius 3 is 2.42 bits per heavy atom. The standard InChI is InChI=1S/C24H25NO6/c1-14(2)11-20(24(28)29)25-23(27)15(3)30-17-9-10-18-19(16-7-5-4-6-8-16)13-22(26)31-21(18)12-17/h4-10,12-15,20H,11H2,1-3H3,(H,25,27)(H,28,29)/t15-,20-/m0/s1. The van der Waals surface area contributed by atoms with Crippen molar-refractivity contribution >= 4 is 22.8 Å². The number of ether oxygens (including phenoxy) is 1. The summed E-state index contributed by atoms with van der Waals surface area (Å²) in [4.78, 5) is 35.9. The Morgan fingerprint density at radius 1 is 1.06 bits per heavy atom. The van der Waals surface area contributed by atoms with Crippen molar-refractivity contribution in [3.8, 4) is 16.9 Å². The molecule has 0 bridgehead atoms. The molecule has 0 saturated carbocycles. The van der Waals surface area contributed by atoms with Gasteiger partial charge in [0.1, 0.15) is 17.4 Å². The van der Waals surface area contributed by atoms with E-state index in [4.69, 9.17) is 9.15 Å². The van der Waals surface area contributed by atoms with Gasteiger partial charge in [-0.2, -0.15) is 0 Å². The van der Waals surface area contributed by atoms with E-state index in [1.54, 1.807) is 18.2 Å². The van der Waals surface area contributed by atoms with Crippen LogP contribution in [0, 0.1) is 5.92 Å². The van der Waals surface area contributed by atoms with Gasteiger partial charge in [0.25, 0.3) is 5.91 Å². The van der Waals surface area contributed by atoms with Gasteiger partial charge in [0.05, 0.1) is 0 Å². The second kappa shape index (κ2) is 9.47. The van der Waals surface area contributed by atoms with E-state index in [1.807, 2.05) is 44.2 Å². The number of carbonyl (C=O) groups is 2. The van der Waals surface area contributed by atoms with E-state index >= 15 is 0 Å². The van der Waals surface area contributed by atoms with Gasteiger partial charge < -0.3 is 19.6 Å². The molecule has 0 aliphatic rings. The van der Waals surface area contributed by atoms with E-state index in [1.165, 1.54) is 13.0 Å². The minimum absolute atomic E-state index is 0.111. The maximum atomic E-state index is 12.4. The molecule has 0 aliphatic carbocycles. The zero-order valence-corrected chi connectivity index (χ0v) is 17.6. The Morgan fingerprint density at radius 2 is 1.77 bits per heavy atom. The Labute approximate surface area is 179 Å². The number of hydrogen-bond acceptors (Lipinski definition) is 5. The summed E-state index contributed by atoms with van der Waals surface area (Å²) in [6, 6.07) is 14.9. The first kappa shape index (κ1) is 22.1. The lowest BCUT2D eigenvalue weighted by Crippen LogP contribution is -2.46. The van der Waals surface area contributed by atoms with Crippen LogP contribution in [0.2, 0.25) is 0 Å². The van der Waals surface area contributed by atoms with Crippen LogP contribution in [0.25, 0.3) is 22.1 Å². The van der Waals surface area contributed by atoms with Crippen LogP contribution >= 0.6 is 0 Å². The number of hydrogen-bond donors (Lipinski definition) is 2. The predicted molar refractivity (Wildman–Crippen MR) is 117 cm³/mol. The molecule has 0 saturated heterocycles. The number of benzene rings is 2. The fourth-order valence-electron chi connectivity index (χ4n) is 3.31. The van der Waals surface area contributed by atoms with Gasteiger partial charge in [0.2, 0.25) is 0 Å². The lowest BCUT2D eigenvalue weighted by Gasteiger charge is -2.20. The third kappa shape index (κ3) is 5.51. The van der Waals surface area contributed by atoms with E-state index in [0.717, 1.165) is 16.5 Å². The molecule has 2 N–H and O–H groups in total. The predicted octanol–water partition coefficient (Wildman–Crippen LogP) is 3.84. The highest BCUT2D eigenvalue weighted by Gasteiger charge is 2.24. The summed E-state index contributed by atoms with van der Waals surface area (Å²) in [5.41, 5.74) is 1.46. The second-order valence-corrected chi connectivity index (χ2v) is 7.79. The fourth-order valence-corrected chi connectivity index (χ4v) is 3.31. The van der Waals surface area contributed by atoms with Gasteiger partial charge in [-0.3, -0.25) is 4.79 Å². The Balaban J connectivity index is 1.81. The molecule has 2 atom stereocenters. The molecule has 2 aromatic carbocycles. The second-order valence-electron chi connectivity index (χ2n) is 7.79. The minimum atomic E-state index is -1.09. The summed E-state index contributed by atoms with van der Waals surface area (Å²) < 4.78 is 11.0. The van der Waals surface area contributed by atoms with E-state index in [9.17, 15) is 19.5 Å². The first-order valence-corrected chi connectivity index (χ1v) is 10.1. The lowest BCUT2D eigenvalue weighted by molar-refractivity contribution is -0.143. The minimum Gasteiger partial charge on any atom is -0.481 e. The highest BCUT2D eigenvalue weighted by molar-refractivity contribution is 5.94. The van der Waals surface area contributed by atoms with Crippen LogP contribution in [0.5, 0.6) is 5.75 Å². The van der Waals surface area contributed by atoms with Gasteiger partial charge in [-0.15, -0.1) is 0 Å². The number of fused-ring (bicyclic) bond motifs is 1. The monoisotopic (exact) mass is 423 g/mol. The molecule has 0 unspecified atom stereocenters. The molecule has 0 fully saturated rings. The van der Waals surface area contributed by atoms with Gasteiger partial charge in [-0.05, 0) is 42.5 Å². The van der Waals surface area contributed by atoms with Crippen LogP contribution in [-0.2, 0) is 9.59 Å². The number of carbonyl (C=O) groups excluding carboxylic acids is 1. The average molecular weight is 423 g/mol. The molecule has 3 aromatic rings. The van der Waals surface area contributed by atoms with Crippen LogP contribution < -0.4 is 15.7 Å². The SMILES string of the molecule is CC(C)C[C@H](NC(=O)[C@H](C)Oc1ccc2c(-c3ccccc3)cc(=O)oc2c1)C(=O)O. The van der Waals surface area contributed by atoms with E-state index in [2.05, 4.69) is 5.32 Å². The number of aliphatic carboxylic acids is 1. The topological polar surface area (TPSA) is 106 Å². The number of nitrogens with one attached hydrogen (secondary N) is 1. The fraction of sp³-hybridized carbons (Fsp3) is 0.292. The maximum Gasteiger partial charge on any atom is 0.336 e. The van der Waals surface area contributed by atoms with Crippen molar-refractivity contribution in [2.75, 3.05) is 0 Å². The van der Waals surface area contributed by atoms with Gasteiger partial charge >= 0.3 is 11.6 Å². The van der Waals surface area contributed by atoms with Crippen molar-refractivity contribution in [3.63, 3.8) is 0 Å². The molecule has 162 valence electrons. The normalized spacial score (nSPS) is 13.0. The van der Waals surface area contributed by atoms with Crippen molar-refractivity contribution in [2.24, 2.45) is 5.92 Å². The highest BCUT2D eigenvalue weighted by atomic mass is 16.5. The van der Waals surface area contributed by atoms with Gasteiger partial charge in [-0.25, -0.2) is 9.59 Å². The molecule has 0 aliphatic heterocycles. The van der Waals surface area contributed by atoms with E-state index < -0.39 is 29.6 Å². The van der Waals surface area contributed by atoms with Crippen molar-refractivity contribution in [1.82, 2.24) is 5.32 Å². The Kier molecular flexibility index (Phi) is 6.74. The molecule has 0 spiro atoms. The molecule has 0 radical (unpaired) electrons. The van der Waals surface area contributed by atoms with E-state index in [0.29, 0.717) is 17.8 Å². The zero-order valence-electron chi connectivity index (χ0n) is 17.6. The molecular weight excluding hydrogens is 398 g/mol. The maximum absolute atomic E-state index is 12.4. The molecule has 7 nitrogen and oxygen atoms in total. The summed E-state index contributed by atoms with van der Waals surface area (Å²) in [5, 5.41) is 12.6. The first-order chi connectivity index (χ1) is 14.7. The number of carboxylic acid groups (broad SMARTS) is 1. The molecule has 7 heteroatoms. The summed E-state index contributed by atoms with van der Waals surface area (Å²) >= 11 is 0. The molecule has 1 aromatic heterocycles. The average Bonchev–Trinajstić information content (AvgIpc) is 2.72. The third-order valence-electron chi connectivity index (χ3n) is 4.80. The van der Waals surface area contributed by atoms with E-state index in [-0.39, 0.29) is 5.92 Å². The summed E-state index contributed by atoms with van der Waals surface area (Å²) in [7, 11) is 0. The number of rotatable bonds is 8. The quantitative estimate of drug-likeness (QED) is 0.533. The molecule has 31 heavy (non-hydrogen) atoms. The van der Waals surface area contributed by atoms with Crippen molar-refractivity contribution in [1.29, 1.82) is 0 Å². The lowest BCUT2D eigenvalue weighted by atomic mass is 10.0. The van der Waals surface area contributed by atoms with Crippen molar-refractivity contribution in [3.05, 3.63) is 65.0 Å². The number of carboxylic acids is 1. The summed E-state index contributed by atoms with van der Waals surface area (Å²) in [6.07, 6.45) is -0.618. The molecule has 1 heterocycles. The van der Waals surface area contributed by atoms with Gasteiger partial charge in [0.15, 0.2) is 6.10 Å². The van der Waals surface area contributed by atoms with Crippen LogP contribution in [0.1, 0.15) is 27.2 Å². The number of amides is 1. The largest absolute Gasteiger partial charge is 0.481 e. The van der Waals surface area contributed by atoms with Gasteiger partial charge in [0, 0.05) is 17.5 Å². The first-order valence-electron chi connectivity index (χ1n) is 10.1. The van der Waals surface area contributed by atoms with Crippen molar-refractivity contribution < 1.29 is 23.8 Å². The smallest absolute Gasteiger partial charge is 0.336 e. The zero-order chi connectivity index (χ0) is 22.5. The van der Waals surface area contributed by atoms with Crippen LogP contribution in [-0.4, -0.2) is 29.1 Å². The summed E-state index contributed by atoms with van der Waals surface area (Å²) in [6.45, 7) is 5.30. The van der Waals surface area contributed by atoms with Crippen LogP contribution in [0.3, 0.4) is 0 Å².